The minimum atomic E-state index is -1.87. The van der Waals surface area contributed by atoms with Gasteiger partial charge in [0, 0.05) is 12.1 Å². The third-order valence-corrected chi connectivity index (χ3v) is 9.94. The van der Waals surface area contributed by atoms with E-state index in [1.165, 1.54) is 17.2 Å². The highest BCUT2D eigenvalue weighted by atomic mass is 28.4. The lowest BCUT2D eigenvalue weighted by atomic mass is 9.99. The van der Waals surface area contributed by atoms with E-state index in [0.29, 0.717) is 6.61 Å². The van der Waals surface area contributed by atoms with Gasteiger partial charge < -0.3 is 9.16 Å². The molecule has 6 heteroatoms. The molecule has 0 unspecified atom stereocenters. The smallest absolute Gasteiger partial charge is 0.236 e. The minimum absolute atomic E-state index is 0.000169. The predicted molar refractivity (Wildman–Crippen MR) is 95.7 cm³/mol. The largest absolute Gasteiger partial charge is 0.414 e. The van der Waals surface area contributed by atoms with Gasteiger partial charge in [0.2, 0.25) is 5.91 Å². The van der Waals surface area contributed by atoms with Gasteiger partial charge in [-0.05, 0) is 29.8 Å². The summed E-state index contributed by atoms with van der Waals surface area (Å²) in [6.45, 7) is 17.6. The van der Waals surface area contributed by atoms with Gasteiger partial charge in [-0.15, -0.1) is 0 Å². The molecule has 2 aliphatic heterocycles. The maximum absolute atomic E-state index is 12.1. The van der Waals surface area contributed by atoms with Gasteiger partial charge in [-0.25, -0.2) is 0 Å². The lowest BCUT2D eigenvalue weighted by Crippen LogP contribution is -2.44. The third kappa shape index (κ3) is 3.71. The van der Waals surface area contributed by atoms with Crippen LogP contribution in [0, 0.1) is 5.92 Å². The molecule has 134 valence electrons. The molecule has 0 bridgehead atoms. The van der Waals surface area contributed by atoms with Crippen LogP contribution in [0.3, 0.4) is 0 Å². The number of ketones is 1. The fraction of sp³-hybridized carbons (Fsp3) is 0.667. The number of amides is 1. The number of allylic oxidation sites excluding steroid dienone is 1. The second kappa shape index (κ2) is 6.58. The standard InChI is InChI=1S/C18H29NO4Si/c1-12-13(2)17(19-9-8-14(20)10-16(19)21)23-15(12)11-22-24(6,7)18(3,4)5/h8-9,13,15,17H,1,10-11H2,2-7H3/t13-,15-,17-/m0/s1. The first-order chi connectivity index (χ1) is 10.9. The number of carbonyl (C=O) groups excluding carboxylic acids is 2. The summed E-state index contributed by atoms with van der Waals surface area (Å²) >= 11 is 0. The van der Waals surface area contributed by atoms with Crippen LogP contribution in [0.1, 0.15) is 34.1 Å². The molecule has 0 aromatic carbocycles. The van der Waals surface area contributed by atoms with Crippen molar-refractivity contribution in [1.82, 2.24) is 4.90 Å². The van der Waals surface area contributed by atoms with Gasteiger partial charge in [0.25, 0.3) is 0 Å². The molecule has 0 aliphatic carbocycles. The molecule has 0 saturated carbocycles. The highest BCUT2D eigenvalue weighted by Crippen LogP contribution is 2.39. The summed E-state index contributed by atoms with van der Waals surface area (Å²) < 4.78 is 12.3. The monoisotopic (exact) mass is 351 g/mol. The van der Waals surface area contributed by atoms with Gasteiger partial charge in [0.1, 0.15) is 12.3 Å². The van der Waals surface area contributed by atoms with Crippen molar-refractivity contribution in [1.29, 1.82) is 0 Å². The number of hydrogen-bond donors (Lipinski definition) is 0. The van der Waals surface area contributed by atoms with E-state index in [4.69, 9.17) is 9.16 Å². The second-order valence-corrected chi connectivity index (χ2v) is 13.0. The number of rotatable bonds is 4. The Labute approximate surface area is 145 Å². The molecule has 3 atom stereocenters. The Bertz CT molecular complexity index is 576. The Morgan fingerprint density at radius 1 is 1.38 bits per heavy atom. The summed E-state index contributed by atoms with van der Waals surface area (Å²) in [5.74, 6) is -0.392. The fourth-order valence-corrected chi connectivity index (χ4v) is 3.58. The molecule has 2 aliphatic rings. The van der Waals surface area contributed by atoms with Crippen molar-refractivity contribution in [2.45, 2.75) is 64.6 Å². The molecule has 1 fully saturated rings. The molecule has 0 aromatic rings. The Balaban J connectivity index is 2.05. The molecule has 0 spiro atoms. The van der Waals surface area contributed by atoms with E-state index in [2.05, 4.69) is 40.4 Å². The summed E-state index contributed by atoms with van der Waals surface area (Å²) in [4.78, 5) is 25.0. The molecular weight excluding hydrogens is 322 g/mol. The summed E-state index contributed by atoms with van der Waals surface area (Å²) in [6, 6.07) is 0. The first-order valence-corrected chi connectivity index (χ1v) is 11.3. The first kappa shape index (κ1) is 19.1. The summed E-state index contributed by atoms with van der Waals surface area (Å²) in [5.41, 5.74) is 0.941. The molecule has 0 radical (unpaired) electrons. The van der Waals surface area contributed by atoms with Crippen LogP contribution >= 0.6 is 0 Å². The highest BCUT2D eigenvalue weighted by Gasteiger charge is 2.43. The van der Waals surface area contributed by atoms with Crippen LogP contribution in [0.5, 0.6) is 0 Å². The molecular formula is C18H29NO4Si. The quantitative estimate of drug-likeness (QED) is 0.443. The lowest BCUT2D eigenvalue weighted by molar-refractivity contribution is -0.145. The number of nitrogens with zero attached hydrogens (tertiary/aromatic N) is 1. The Kier molecular flexibility index (Phi) is 5.23. The van der Waals surface area contributed by atoms with Crippen LogP contribution in [-0.4, -0.2) is 43.8 Å². The molecule has 24 heavy (non-hydrogen) atoms. The lowest BCUT2D eigenvalue weighted by Gasteiger charge is -2.37. The average molecular weight is 352 g/mol. The summed E-state index contributed by atoms with van der Waals surface area (Å²) in [6.07, 6.45) is 2.22. The zero-order valence-electron chi connectivity index (χ0n) is 15.6. The zero-order chi connectivity index (χ0) is 18.3. The van der Waals surface area contributed by atoms with E-state index < -0.39 is 14.5 Å². The van der Waals surface area contributed by atoms with Crippen LogP contribution in [0.25, 0.3) is 0 Å². The number of ether oxygens (including phenoxy) is 1. The highest BCUT2D eigenvalue weighted by molar-refractivity contribution is 6.74. The van der Waals surface area contributed by atoms with Crippen molar-refractivity contribution in [2.75, 3.05) is 6.61 Å². The molecule has 2 heterocycles. The van der Waals surface area contributed by atoms with Crippen molar-refractivity contribution >= 4 is 20.0 Å². The zero-order valence-corrected chi connectivity index (χ0v) is 16.6. The normalized spacial score (nSPS) is 28.8. The first-order valence-electron chi connectivity index (χ1n) is 8.44. The minimum Gasteiger partial charge on any atom is -0.414 e. The SMILES string of the molecule is C=C1[C@H](CO[Si](C)(C)C(C)(C)C)O[C@H](N2C=CC(=O)CC2=O)[C@H]1C. The maximum Gasteiger partial charge on any atom is 0.236 e. The van der Waals surface area contributed by atoms with Gasteiger partial charge in [0.05, 0.1) is 13.0 Å². The van der Waals surface area contributed by atoms with Crippen molar-refractivity contribution < 1.29 is 18.8 Å². The Morgan fingerprint density at radius 2 is 2.00 bits per heavy atom. The van der Waals surface area contributed by atoms with Gasteiger partial charge in [0.15, 0.2) is 14.1 Å². The molecule has 1 saturated heterocycles. The van der Waals surface area contributed by atoms with E-state index in [1.807, 2.05) is 6.92 Å². The number of carbonyl (C=O) groups is 2. The second-order valence-electron chi connectivity index (χ2n) is 8.21. The van der Waals surface area contributed by atoms with E-state index in [0.717, 1.165) is 5.57 Å². The van der Waals surface area contributed by atoms with Gasteiger partial charge in [-0.1, -0.05) is 34.3 Å². The maximum atomic E-state index is 12.1. The van der Waals surface area contributed by atoms with Crippen molar-refractivity contribution in [3.63, 3.8) is 0 Å². The number of hydrogen-bond acceptors (Lipinski definition) is 4. The summed E-state index contributed by atoms with van der Waals surface area (Å²) in [7, 11) is -1.87. The van der Waals surface area contributed by atoms with Crippen LogP contribution in [0.4, 0.5) is 0 Å². The van der Waals surface area contributed by atoms with Gasteiger partial charge in [-0.2, -0.15) is 0 Å². The third-order valence-electron chi connectivity index (χ3n) is 5.44. The van der Waals surface area contributed by atoms with Crippen LogP contribution < -0.4 is 0 Å². The predicted octanol–water partition coefficient (Wildman–Crippen LogP) is 3.24. The molecule has 2 rings (SSSR count). The average Bonchev–Trinajstić information content (AvgIpc) is 2.72. The van der Waals surface area contributed by atoms with E-state index in [1.54, 1.807) is 0 Å². The molecule has 0 aromatic heterocycles. The Hall–Kier alpha value is -1.24. The molecule has 5 nitrogen and oxygen atoms in total. The van der Waals surface area contributed by atoms with Gasteiger partial charge >= 0.3 is 0 Å². The van der Waals surface area contributed by atoms with E-state index >= 15 is 0 Å². The van der Waals surface area contributed by atoms with Crippen molar-refractivity contribution in [3.05, 3.63) is 24.4 Å². The molecule has 1 amide bonds. The van der Waals surface area contributed by atoms with Crippen LogP contribution in [0.2, 0.25) is 18.1 Å². The van der Waals surface area contributed by atoms with E-state index in [-0.39, 0.29) is 35.2 Å². The topological polar surface area (TPSA) is 55.8 Å². The van der Waals surface area contributed by atoms with Crippen molar-refractivity contribution in [3.8, 4) is 0 Å². The molecule has 0 N–H and O–H groups in total. The fourth-order valence-electron chi connectivity index (χ4n) is 2.58. The van der Waals surface area contributed by atoms with Crippen LogP contribution in [0.15, 0.2) is 24.4 Å². The Morgan fingerprint density at radius 3 is 2.54 bits per heavy atom. The van der Waals surface area contributed by atoms with Crippen molar-refractivity contribution in [2.24, 2.45) is 5.92 Å². The van der Waals surface area contributed by atoms with Gasteiger partial charge in [-0.3, -0.25) is 14.5 Å². The van der Waals surface area contributed by atoms with Crippen LogP contribution in [-0.2, 0) is 18.8 Å². The van der Waals surface area contributed by atoms with E-state index in [9.17, 15) is 9.59 Å². The summed E-state index contributed by atoms with van der Waals surface area (Å²) in [5, 5.41) is 0.129.